The Hall–Kier alpha value is -4.26. The van der Waals surface area contributed by atoms with E-state index >= 15 is 0 Å². The van der Waals surface area contributed by atoms with Gasteiger partial charge in [-0.1, -0.05) is 102 Å². The lowest BCUT2D eigenvalue weighted by Crippen LogP contribution is -2.46. The van der Waals surface area contributed by atoms with E-state index < -0.39 is 12.1 Å². The van der Waals surface area contributed by atoms with E-state index in [9.17, 15) is 10.2 Å². The lowest BCUT2D eigenvalue weighted by molar-refractivity contribution is -0.936. The van der Waals surface area contributed by atoms with E-state index in [1.54, 1.807) is 0 Å². The fourth-order valence-corrected chi connectivity index (χ4v) is 8.07. The van der Waals surface area contributed by atoms with E-state index in [0.29, 0.717) is 0 Å². The van der Waals surface area contributed by atoms with Crippen molar-refractivity contribution in [3.05, 3.63) is 129 Å². The Labute approximate surface area is 339 Å². The van der Waals surface area contributed by atoms with Crippen LogP contribution in [0.3, 0.4) is 0 Å². The van der Waals surface area contributed by atoms with Gasteiger partial charge in [0.25, 0.3) is 0 Å². The molecule has 56 heavy (non-hydrogen) atoms. The number of rotatable bonds is 17. The van der Waals surface area contributed by atoms with Crippen LogP contribution in [0.4, 0.5) is 0 Å². The van der Waals surface area contributed by atoms with Crippen LogP contribution in [0.2, 0.25) is 0 Å². The third kappa shape index (κ3) is 10.6. The Morgan fingerprint density at radius 3 is 1.07 bits per heavy atom. The standard InChI is InChI=1S/C50H70N4O2/c1-13-53(14-2,15-3)35-37-29-41(47(55)43(31-37)49(7,8)9)33-51-45(39-25-21-19-22-26-39)46(40-27-23-20-24-28-40)52-34-42-30-38(36-54(16-4,17-5)18-6)32-44(48(42)56)50(10,11)12/h19-34,45-46H,13-18,35-36H2,1-12H3/p+2/t45-,46-/m1/s1. The molecule has 0 aromatic heterocycles. The highest BCUT2D eigenvalue weighted by molar-refractivity contribution is 5.86. The van der Waals surface area contributed by atoms with E-state index in [0.717, 1.165) is 94.7 Å². The molecule has 4 rings (SSSR count). The molecule has 6 heteroatoms. The van der Waals surface area contributed by atoms with Gasteiger partial charge in [0, 0.05) is 45.8 Å². The van der Waals surface area contributed by atoms with Gasteiger partial charge in [0.15, 0.2) is 0 Å². The van der Waals surface area contributed by atoms with E-state index in [1.165, 1.54) is 11.1 Å². The van der Waals surface area contributed by atoms with Crippen LogP contribution in [-0.4, -0.2) is 70.9 Å². The molecule has 2 atom stereocenters. The van der Waals surface area contributed by atoms with Gasteiger partial charge in [-0.15, -0.1) is 0 Å². The molecule has 6 nitrogen and oxygen atoms in total. The lowest BCUT2D eigenvalue weighted by atomic mass is 9.84. The first-order chi connectivity index (χ1) is 26.5. The number of nitrogens with zero attached hydrogens (tertiary/aromatic N) is 4. The predicted molar refractivity (Wildman–Crippen MR) is 238 cm³/mol. The van der Waals surface area contributed by atoms with Crippen molar-refractivity contribution in [2.75, 3.05) is 39.3 Å². The van der Waals surface area contributed by atoms with Crippen LogP contribution in [-0.2, 0) is 23.9 Å². The topological polar surface area (TPSA) is 65.2 Å². The molecule has 0 fully saturated rings. The van der Waals surface area contributed by atoms with Crippen LogP contribution in [0.25, 0.3) is 0 Å². The van der Waals surface area contributed by atoms with Crippen molar-refractivity contribution in [2.24, 2.45) is 9.98 Å². The number of phenolic OH excluding ortho intramolecular Hbond substituents is 2. The number of benzene rings is 4. The van der Waals surface area contributed by atoms with Crippen molar-refractivity contribution in [1.29, 1.82) is 0 Å². The molecular formula is C50H72N4O2+2. The molecule has 0 bridgehead atoms. The van der Waals surface area contributed by atoms with Gasteiger partial charge in [0.2, 0.25) is 0 Å². The maximum Gasteiger partial charge on any atom is 0.128 e. The Bertz CT molecular complexity index is 1750. The Morgan fingerprint density at radius 2 is 0.804 bits per heavy atom. The molecule has 0 radical (unpaired) electrons. The number of hydrogen-bond donors (Lipinski definition) is 2. The molecule has 302 valence electrons. The summed E-state index contributed by atoms with van der Waals surface area (Å²) in [6.45, 7) is 34.6. The second-order valence-corrected chi connectivity index (χ2v) is 17.8. The molecule has 4 aromatic carbocycles. The number of hydrogen-bond acceptors (Lipinski definition) is 4. The van der Waals surface area contributed by atoms with Gasteiger partial charge in [-0.25, -0.2) is 0 Å². The molecular weight excluding hydrogens is 689 g/mol. The molecule has 0 aliphatic carbocycles. The summed E-state index contributed by atoms with van der Waals surface area (Å²) >= 11 is 0. The van der Waals surface area contributed by atoms with Crippen molar-refractivity contribution in [2.45, 2.75) is 119 Å². The number of phenols is 2. The van der Waals surface area contributed by atoms with Gasteiger partial charge >= 0.3 is 0 Å². The summed E-state index contributed by atoms with van der Waals surface area (Å²) < 4.78 is 1.95. The highest BCUT2D eigenvalue weighted by Gasteiger charge is 2.29. The Balaban J connectivity index is 1.93. The highest BCUT2D eigenvalue weighted by atomic mass is 16.3. The van der Waals surface area contributed by atoms with E-state index in [2.05, 4.69) is 132 Å². The third-order valence-corrected chi connectivity index (χ3v) is 12.4. The summed E-state index contributed by atoms with van der Waals surface area (Å²) in [5, 5.41) is 23.7. The van der Waals surface area contributed by atoms with Crippen molar-refractivity contribution in [3.8, 4) is 11.5 Å². The molecule has 0 amide bonds. The highest BCUT2D eigenvalue weighted by Crippen LogP contribution is 2.39. The van der Waals surface area contributed by atoms with Crippen LogP contribution in [0.1, 0.15) is 140 Å². The quantitative estimate of drug-likeness (QED) is 0.0831. The summed E-state index contributed by atoms with van der Waals surface area (Å²) in [5.74, 6) is 0.549. The molecule has 4 aromatic rings. The van der Waals surface area contributed by atoms with Crippen molar-refractivity contribution >= 4 is 12.4 Å². The molecule has 0 aliphatic rings. The largest absolute Gasteiger partial charge is 0.507 e. The number of aromatic hydroxyl groups is 2. The zero-order chi connectivity index (χ0) is 41.3. The van der Waals surface area contributed by atoms with Crippen molar-refractivity contribution in [1.82, 2.24) is 0 Å². The van der Waals surface area contributed by atoms with Crippen LogP contribution in [0, 0.1) is 0 Å². The third-order valence-electron chi connectivity index (χ3n) is 12.4. The van der Waals surface area contributed by atoms with Gasteiger partial charge in [0.1, 0.15) is 36.7 Å². The van der Waals surface area contributed by atoms with Gasteiger partial charge in [-0.2, -0.15) is 0 Å². The van der Waals surface area contributed by atoms with Crippen molar-refractivity contribution in [3.63, 3.8) is 0 Å². The summed E-state index contributed by atoms with van der Waals surface area (Å²) in [6.07, 6.45) is 3.73. The first kappa shape index (κ1) is 44.5. The summed E-state index contributed by atoms with van der Waals surface area (Å²) in [5.41, 5.74) is 7.21. The zero-order valence-electron chi connectivity index (χ0n) is 36.7. The minimum atomic E-state index is -0.412. The molecule has 0 unspecified atom stereocenters. The van der Waals surface area contributed by atoms with E-state index in [4.69, 9.17) is 9.98 Å². The second-order valence-electron chi connectivity index (χ2n) is 17.8. The minimum Gasteiger partial charge on any atom is -0.507 e. The molecule has 0 spiro atoms. The summed E-state index contributed by atoms with van der Waals surface area (Å²) in [7, 11) is 0. The minimum absolute atomic E-state index is 0.259. The zero-order valence-corrected chi connectivity index (χ0v) is 36.7. The normalized spacial score (nSPS) is 14.1. The average Bonchev–Trinajstić information content (AvgIpc) is 3.19. The number of quaternary nitrogens is 2. The van der Waals surface area contributed by atoms with Crippen LogP contribution >= 0.6 is 0 Å². The van der Waals surface area contributed by atoms with E-state index in [1.807, 2.05) is 48.8 Å². The fraction of sp³-hybridized carbons (Fsp3) is 0.480. The van der Waals surface area contributed by atoms with Gasteiger partial charge in [0.05, 0.1) is 39.3 Å². The first-order valence-corrected chi connectivity index (χ1v) is 21.1. The van der Waals surface area contributed by atoms with Crippen LogP contribution in [0.5, 0.6) is 11.5 Å². The lowest BCUT2D eigenvalue weighted by Gasteiger charge is -2.36. The molecule has 0 aliphatic heterocycles. The average molecular weight is 761 g/mol. The van der Waals surface area contributed by atoms with Gasteiger partial charge < -0.3 is 19.2 Å². The van der Waals surface area contributed by atoms with Gasteiger partial charge in [-0.3, -0.25) is 9.98 Å². The molecule has 0 heterocycles. The van der Waals surface area contributed by atoms with Crippen LogP contribution < -0.4 is 0 Å². The maximum absolute atomic E-state index is 11.8. The fourth-order valence-electron chi connectivity index (χ4n) is 8.07. The van der Waals surface area contributed by atoms with E-state index in [-0.39, 0.29) is 22.3 Å². The Morgan fingerprint density at radius 1 is 0.500 bits per heavy atom. The number of aliphatic imine (C=N–C) groups is 2. The van der Waals surface area contributed by atoms with Crippen molar-refractivity contribution < 1.29 is 19.2 Å². The monoisotopic (exact) mass is 761 g/mol. The maximum atomic E-state index is 11.8. The summed E-state index contributed by atoms with van der Waals surface area (Å²) in [4.78, 5) is 10.7. The Kier molecular flexibility index (Phi) is 14.9. The predicted octanol–water partition coefficient (Wildman–Crippen LogP) is 11.5. The first-order valence-electron chi connectivity index (χ1n) is 21.1. The summed E-state index contributed by atoms with van der Waals surface area (Å²) in [6, 6.07) is 28.5. The van der Waals surface area contributed by atoms with Gasteiger partial charge in [-0.05, 0) is 87.8 Å². The SMILES string of the molecule is CC[N+](CC)(CC)Cc1cc(C=N[C@H](c2ccccc2)[C@H](N=Cc2cc(C[N+](CC)(CC)CC)cc(C(C)(C)C)c2O)c2ccccc2)c(O)c(C(C)(C)C)c1. The molecule has 0 saturated carbocycles. The smallest absolute Gasteiger partial charge is 0.128 e. The molecule has 2 N–H and O–H groups in total. The second kappa shape index (κ2) is 18.8. The van der Waals surface area contributed by atoms with Crippen LogP contribution in [0.15, 0.2) is 94.9 Å². The molecule has 0 saturated heterocycles.